The maximum Gasteiger partial charge on any atom is 0.125 e. The van der Waals surface area contributed by atoms with E-state index >= 15 is 0 Å². The molecule has 1 aliphatic heterocycles. The number of thiazole rings is 1. The lowest BCUT2D eigenvalue weighted by Gasteiger charge is -2.22. The van der Waals surface area contributed by atoms with Crippen LogP contribution in [0.25, 0.3) is 11.0 Å². The number of aryl methyl sites for hydroxylation is 2. The average Bonchev–Trinajstić information content (AvgIpc) is 3.25. The van der Waals surface area contributed by atoms with Gasteiger partial charge < -0.3 is 4.98 Å². The number of likely N-dealkylation sites (tertiary alicyclic amines) is 1. The lowest BCUT2D eigenvalue weighted by Crippen LogP contribution is -2.23. The molecule has 126 valence electrons. The van der Waals surface area contributed by atoms with Gasteiger partial charge in [0.2, 0.25) is 0 Å². The van der Waals surface area contributed by atoms with Gasteiger partial charge in [-0.1, -0.05) is 6.92 Å². The molecule has 24 heavy (non-hydrogen) atoms. The number of aromatic amines is 1. The maximum atomic E-state index is 13.4. The monoisotopic (exact) mass is 344 g/mol. The number of H-pyrrole nitrogens is 1. The third-order valence-corrected chi connectivity index (χ3v) is 5.71. The fourth-order valence-corrected chi connectivity index (χ4v) is 4.63. The van der Waals surface area contributed by atoms with E-state index < -0.39 is 0 Å². The van der Waals surface area contributed by atoms with Crippen LogP contribution >= 0.6 is 11.3 Å². The molecular weight excluding hydrogens is 323 g/mol. The van der Waals surface area contributed by atoms with Crippen LogP contribution in [0.15, 0.2) is 18.2 Å². The number of aromatic nitrogens is 3. The first-order chi connectivity index (χ1) is 11.6. The molecule has 4 nitrogen and oxygen atoms in total. The summed E-state index contributed by atoms with van der Waals surface area (Å²) in [4.78, 5) is 16.5. The predicted octanol–water partition coefficient (Wildman–Crippen LogP) is 4.37. The number of hydrogen-bond acceptors (Lipinski definition) is 4. The Kier molecular flexibility index (Phi) is 4.10. The number of hydrogen-bond donors (Lipinski definition) is 1. The van der Waals surface area contributed by atoms with Gasteiger partial charge in [0.25, 0.3) is 0 Å². The van der Waals surface area contributed by atoms with Crippen molar-refractivity contribution < 1.29 is 4.39 Å². The van der Waals surface area contributed by atoms with Crippen molar-refractivity contribution >= 4 is 22.4 Å². The van der Waals surface area contributed by atoms with Gasteiger partial charge in [-0.3, -0.25) is 4.90 Å². The molecule has 1 atom stereocenters. The largest absolute Gasteiger partial charge is 0.341 e. The van der Waals surface area contributed by atoms with E-state index in [-0.39, 0.29) is 11.9 Å². The molecule has 1 unspecified atom stereocenters. The first-order valence-corrected chi connectivity index (χ1v) is 9.30. The van der Waals surface area contributed by atoms with Crippen molar-refractivity contribution in [1.29, 1.82) is 0 Å². The summed E-state index contributed by atoms with van der Waals surface area (Å²) >= 11 is 1.80. The molecule has 4 rings (SSSR count). The Balaban J connectivity index is 1.61. The van der Waals surface area contributed by atoms with E-state index in [1.54, 1.807) is 17.4 Å². The molecule has 0 spiro atoms. The molecule has 1 saturated heterocycles. The molecule has 0 amide bonds. The summed E-state index contributed by atoms with van der Waals surface area (Å²) in [5.74, 6) is 0.723. The predicted molar refractivity (Wildman–Crippen MR) is 94.7 cm³/mol. The minimum absolute atomic E-state index is 0.228. The molecular formula is C18H21FN4S. The number of imidazole rings is 1. The van der Waals surface area contributed by atoms with E-state index in [0.29, 0.717) is 0 Å². The fourth-order valence-electron chi connectivity index (χ4n) is 3.58. The van der Waals surface area contributed by atoms with Crippen molar-refractivity contribution in [2.75, 3.05) is 6.54 Å². The third kappa shape index (κ3) is 2.84. The quantitative estimate of drug-likeness (QED) is 0.764. The van der Waals surface area contributed by atoms with Gasteiger partial charge in [0.1, 0.15) is 11.6 Å². The zero-order chi connectivity index (χ0) is 16.7. The van der Waals surface area contributed by atoms with Crippen LogP contribution in [0, 0.1) is 12.7 Å². The molecule has 1 aliphatic rings. The van der Waals surface area contributed by atoms with Crippen molar-refractivity contribution in [2.45, 2.75) is 45.7 Å². The van der Waals surface area contributed by atoms with Gasteiger partial charge in [0.15, 0.2) is 0 Å². The van der Waals surface area contributed by atoms with Crippen LogP contribution in [0.5, 0.6) is 0 Å². The van der Waals surface area contributed by atoms with E-state index in [0.717, 1.165) is 54.2 Å². The Morgan fingerprint density at radius 2 is 2.25 bits per heavy atom. The Hall–Kier alpha value is -1.79. The summed E-state index contributed by atoms with van der Waals surface area (Å²) in [5, 5.41) is 1.14. The molecule has 3 aromatic rings. The summed E-state index contributed by atoms with van der Waals surface area (Å²) in [5.41, 5.74) is 2.83. The van der Waals surface area contributed by atoms with E-state index in [9.17, 15) is 4.39 Å². The summed E-state index contributed by atoms with van der Waals surface area (Å²) < 4.78 is 13.4. The fraction of sp³-hybridized carbons (Fsp3) is 0.444. The summed E-state index contributed by atoms with van der Waals surface area (Å²) in [7, 11) is 0. The summed E-state index contributed by atoms with van der Waals surface area (Å²) in [6.45, 7) is 6.22. The normalized spacial score (nSPS) is 18.7. The lowest BCUT2D eigenvalue weighted by atomic mass is 10.2. The second kappa shape index (κ2) is 6.26. The molecule has 1 fully saturated rings. The van der Waals surface area contributed by atoms with Crippen molar-refractivity contribution in [2.24, 2.45) is 0 Å². The van der Waals surface area contributed by atoms with E-state index in [1.165, 1.54) is 22.7 Å². The van der Waals surface area contributed by atoms with Gasteiger partial charge in [-0.15, -0.1) is 11.3 Å². The van der Waals surface area contributed by atoms with E-state index in [1.807, 2.05) is 0 Å². The molecule has 2 aromatic heterocycles. The molecule has 0 bridgehead atoms. The van der Waals surface area contributed by atoms with Crippen molar-refractivity contribution in [3.8, 4) is 0 Å². The first-order valence-electron chi connectivity index (χ1n) is 8.48. The second-order valence-electron chi connectivity index (χ2n) is 6.37. The highest BCUT2D eigenvalue weighted by Gasteiger charge is 2.29. The van der Waals surface area contributed by atoms with Crippen LogP contribution < -0.4 is 0 Å². The topological polar surface area (TPSA) is 44.8 Å². The molecule has 6 heteroatoms. The van der Waals surface area contributed by atoms with Gasteiger partial charge >= 0.3 is 0 Å². The highest BCUT2D eigenvalue weighted by Crippen LogP contribution is 2.34. The van der Waals surface area contributed by atoms with Gasteiger partial charge in [-0.25, -0.2) is 14.4 Å². The highest BCUT2D eigenvalue weighted by atomic mass is 32.1. The van der Waals surface area contributed by atoms with Crippen molar-refractivity contribution in [3.63, 3.8) is 0 Å². The Morgan fingerprint density at radius 1 is 1.38 bits per heavy atom. The van der Waals surface area contributed by atoms with Gasteiger partial charge in [-0.2, -0.15) is 0 Å². The minimum atomic E-state index is -0.228. The van der Waals surface area contributed by atoms with E-state index in [4.69, 9.17) is 4.98 Å². The molecule has 1 aromatic carbocycles. The van der Waals surface area contributed by atoms with Crippen LogP contribution in [0.3, 0.4) is 0 Å². The third-order valence-electron chi connectivity index (χ3n) is 4.71. The lowest BCUT2D eigenvalue weighted by molar-refractivity contribution is 0.242. The van der Waals surface area contributed by atoms with Crippen LogP contribution in [-0.4, -0.2) is 26.4 Å². The Bertz CT molecular complexity index is 869. The van der Waals surface area contributed by atoms with Crippen LogP contribution in [-0.2, 0) is 13.0 Å². The van der Waals surface area contributed by atoms with Crippen LogP contribution in [0.2, 0.25) is 0 Å². The molecule has 0 radical (unpaired) electrons. The highest BCUT2D eigenvalue weighted by molar-refractivity contribution is 7.11. The number of nitrogens with zero attached hydrogens (tertiary/aromatic N) is 3. The number of fused-ring (bicyclic) bond motifs is 1. The zero-order valence-corrected chi connectivity index (χ0v) is 14.8. The molecule has 0 saturated carbocycles. The van der Waals surface area contributed by atoms with Crippen molar-refractivity contribution in [3.05, 3.63) is 45.4 Å². The molecule has 1 N–H and O–H groups in total. The number of benzene rings is 1. The number of halogens is 1. The van der Waals surface area contributed by atoms with E-state index in [2.05, 4.69) is 28.7 Å². The minimum Gasteiger partial charge on any atom is -0.341 e. The van der Waals surface area contributed by atoms with Gasteiger partial charge in [-0.05, 0) is 50.9 Å². The number of nitrogens with one attached hydrogen (secondary N) is 1. The van der Waals surface area contributed by atoms with Gasteiger partial charge in [0.05, 0.1) is 27.8 Å². The summed E-state index contributed by atoms with van der Waals surface area (Å²) in [6.07, 6.45) is 3.22. The maximum absolute atomic E-state index is 13.4. The molecule has 0 aliphatic carbocycles. The Morgan fingerprint density at radius 3 is 3.08 bits per heavy atom. The van der Waals surface area contributed by atoms with Crippen LogP contribution in [0.1, 0.15) is 47.2 Å². The SMILES string of the molecule is CCc1nc(C)sc1CN1CCCC1c1nc2ccc(F)cc2[nH]1. The second-order valence-corrected chi connectivity index (χ2v) is 7.66. The average molecular weight is 344 g/mol. The number of rotatable bonds is 4. The van der Waals surface area contributed by atoms with Crippen LogP contribution in [0.4, 0.5) is 4.39 Å². The first kappa shape index (κ1) is 15.7. The van der Waals surface area contributed by atoms with Gasteiger partial charge in [0, 0.05) is 11.4 Å². The standard InChI is InChI=1S/C18H21FN4S/c1-3-13-17(24-11(2)20-13)10-23-8-4-5-16(23)18-21-14-7-6-12(19)9-15(14)22-18/h6-7,9,16H,3-5,8,10H2,1-2H3,(H,21,22). The summed E-state index contributed by atoms with van der Waals surface area (Å²) in [6, 6.07) is 5.00. The smallest absolute Gasteiger partial charge is 0.125 e. The zero-order valence-electron chi connectivity index (χ0n) is 14.0. The Labute approximate surface area is 144 Å². The van der Waals surface area contributed by atoms with Crippen molar-refractivity contribution in [1.82, 2.24) is 19.9 Å². The molecule has 3 heterocycles.